The molecule has 2 N–H and O–H groups in total. The first-order valence-corrected chi connectivity index (χ1v) is 7.02. The highest BCUT2D eigenvalue weighted by Gasteiger charge is 2.11. The summed E-state index contributed by atoms with van der Waals surface area (Å²) in [5.74, 6) is -0.745. The first-order valence-electron chi connectivity index (χ1n) is 6.23. The molecule has 0 aliphatic heterocycles. The number of halogens is 1. The number of anilines is 1. The summed E-state index contributed by atoms with van der Waals surface area (Å²) >= 11 is 3.36. The monoisotopic (exact) mass is 346 g/mol. The van der Waals surface area contributed by atoms with E-state index in [1.54, 1.807) is 24.3 Å². The van der Waals surface area contributed by atoms with Gasteiger partial charge >= 0.3 is 5.76 Å². The molecule has 1 aromatic heterocycles. The second-order valence-electron chi connectivity index (χ2n) is 4.66. The predicted molar refractivity (Wildman–Crippen MR) is 83.7 cm³/mol. The molecule has 21 heavy (non-hydrogen) atoms. The van der Waals surface area contributed by atoms with Crippen LogP contribution in [0.5, 0.6) is 0 Å². The summed E-state index contributed by atoms with van der Waals surface area (Å²) in [4.78, 5) is 26.0. The molecule has 0 saturated carbocycles. The quantitative estimate of drug-likeness (QED) is 0.746. The van der Waals surface area contributed by atoms with E-state index in [1.165, 1.54) is 0 Å². The first-order chi connectivity index (χ1) is 10.0. The van der Waals surface area contributed by atoms with Crippen LogP contribution >= 0.6 is 15.9 Å². The molecule has 2 aromatic carbocycles. The fraction of sp³-hybridized carbons (Fsp3) is 0.0667. The van der Waals surface area contributed by atoms with Crippen LogP contribution in [0.3, 0.4) is 0 Å². The van der Waals surface area contributed by atoms with E-state index in [9.17, 15) is 9.59 Å². The molecular formula is C15H11BrN2O3. The second kappa shape index (κ2) is 5.21. The lowest BCUT2D eigenvalue weighted by molar-refractivity contribution is 0.102. The highest BCUT2D eigenvalue weighted by molar-refractivity contribution is 9.10. The number of carbonyl (C=O) groups is 1. The van der Waals surface area contributed by atoms with Crippen molar-refractivity contribution in [3.63, 3.8) is 0 Å². The number of hydrogen-bond donors (Lipinski definition) is 2. The third-order valence-electron chi connectivity index (χ3n) is 3.04. The number of nitrogens with one attached hydrogen (secondary N) is 2. The van der Waals surface area contributed by atoms with E-state index < -0.39 is 5.76 Å². The Kier molecular flexibility index (Phi) is 3.39. The standard InChI is InChI=1S/C15H11BrN2O3/c1-8-2-4-11(16)10(6-8)14(19)17-9-3-5-13-12(7-9)18-15(20)21-13/h2-7H,1H3,(H,17,19)(H,18,20). The molecule has 0 spiro atoms. The third kappa shape index (κ3) is 2.75. The van der Waals surface area contributed by atoms with Gasteiger partial charge in [0.05, 0.1) is 11.1 Å². The van der Waals surface area contributed by atoms with Gasteiger partial charge in [0, 0.05) is 10.2 Å². The van der Waals surface area contributed by atoms with Gasteiger partial charge in [-0.25, -0.2) is 4.79 Å². The van der Waals surface area contributed by atoms with E-state index in [4.69, 9.17) is 4.42 Å². The number of benzene rings is 2. The van der Waals surface area contributed by atoms with Crippen molar-refractivity contribution in [2.24, 2.45) is 0 Å². The molecule has 0 aliphatic rings. The summed E-state index contributed by atoms with van der Waals surface area (Å²) < 4.78 is 5.64. The van der Waals surface area contributed by atoms with Gasteiger partial charge in [0.1, 0.15) is 0 Å². The first kappa shape index (κ1) is 13.6. The van der Waals surface area contributed by atoms with E-state index in [-0.39, 0.29) is 5.91 Å². The van der Waals surface area contributed by atoms with Crippen molar-refractivity contribution in [2.45, 2.75) is 6.92 Å². The molecule has 0 aliphatic carbocycles. The van der Waals surface area contributed by atoms with Crippen molar-refractivity contribution < 1.29 is 9.21 Å². The Hall–Kier alpha value is -2.34. The van der Waals surface area contributed by atoms with E-state index in [0.717, 1.165) is 10.0 Å². The number of fused-ring (bicyclic) bond motifs is 1. The highest BCUT2D eigenvalue weighted by atomic mass is 79.9. The van der Waals surface area contributed by atoms with Gasteiger partial charge in [0.15, 0.2) is 5.58 Å². The SMILES string of the molecule is Cc1ccc(Br)c(C(=O)Nc2ccc3oc(=O)[nH]c3c2)c1. The largest absolute Gasteiger partial charge is 0.417 e. The van der Waals surface area contributed by atoms with Gasteiger partial charge in [-0.15, -0.1) is 0 Å². The van der Waals surface area contributed by atoms with Gasteiger partial charge in [-0.05, 0) is 53.2 Å². The summed E-state index contributed by atoms with van der Waals surface area (Å²) in [5.41, 5.74) is 3.13. The van der Waals surface area contributed by atoms with Crippen LogP contribution in [0.2, 0.25) is 0 Å². The molecule has 0 radical (unpaired) electrons. The van der Waals surface area contributed by atoms with Crippen molar-refractivity contribution in [2.75, 3.05) is 5.32 Å². The van der Waals surface area contributed by atoms with Crippen molar-refractivity contribution in [1.82, 2.24) is 4.98 Å². The Morgan fingerprint density at radius 3 is 2.86 bits per heavy atom. The van der Waals surface area contributed by atoms with Crippen LogP contribution in [-0.4, -0.2) is 10.9 Å². The summed E-state index contributed by atoms with van der Waals surface area (Å²) in [5, 5.41) is 2.80. The minimum atomic E-state index is -0.519. The Morgan fingerprint density at radius 2 is 2.05 bits per heavy atom. The van der Waals surface area contributed by atoms with Gasteiger partial charge in [-0.2, -0.15) is 0 Å². The van der Waals surface area contributed by atoms with E-state index in [1.807, 2.05) is 19.1 Å². The Balaban J connectivity index is 1.92. The Bertz CT molecular complexity index is 895. The normalized spacial score (nSPS) is 10.8. The molecule has 0 bridgehead atoms. The Labute approximate surface area is 128 Å². The fourth-order valence-corrected chi connectivity index (χ4v) is 2.47. The molecule has 0 unspecified atom stereocenters. The lowest BCUT2D eigenvalue weighted by atomic mass is 10.1. The van der Waals surface area contributed by atoms with Crippen LogP contribution in [0, 0.1) is 6.92 Å². The van der Waals surface area contributed by atoms with Crippen LogP contribution in [0.1, 0.15) is 15.9 Å². The molecule has 3 rings (SSSR count). The minimum Gasteiger partial charge on any atom is -0.408 e. The zero-order valence-corrected chi connectivity index (χ0v) is 12.7. The molecule has 0 atom stereocenters. The van der Waals surface area contributed by atoms with Gasteiger partial charge in [-0.3, -0.25) is 9.78 Å². The number of aromatic amines is 1. The topological polar surface area (TPSA) is 75.1 Å². The maximum Gasteiger partial charge on any atom is 0.417 e. The van der Waals surface area contributed by atoms with Crippen LogP contribution in [0.15, 0.2) is 50.1 Å². The second-order valence-corrected chi connectivity index (χ2v) is 5.52. The van der Waals surface area contributed by atoms with Crippen molar-refractivity contribution in [3.05, 3.63) is 62.5 Å². The molecule has 1 heterocycles. The van der Waals surface area contributed by atoms with Crippen LogP contribution in [0.4, 0.5) is 5.69 Å². The minimum absolute atomic E-state index is 0.226. The summed E-state index contributed by atoms with van der Waals surface area (Å²) in [6, 6.07) is 10.5. The van der Waals surface area contributed by atoms with Crippen molar-refractivity contribution in [1.29, 1.82) is 0 Å². The zero-order valence-electron chi connectivity index (χ0n) is 11.1. The summed E-state index contributed by atoms with van der Waals surface area (Å²) in [6.45, 7) is 1.92. The van der Waals surface area contributed by atoms with E-state index >= 15 is 0 Å². The molecule has 0 saturated heterocycles. The number of H-pyrrole nitrogens is 1. The maximum atomic E-state index is 12.3. The number of hydrogen-bond acceptors (Lipinski definition) is 3. The average molecular weight is 347 g/mol. The van der Waals surface area contributed by atoms with E-state index in [0.29, 0.717) is 22.4 Å². The third-order valence-corrected chi connectivity index (χ3v) is 3.73. The van der Waals surface area contributed by atoms with Gasteiger partial charge < -0.3 is 9.73 Å². The highest BCUT2D eigenvalue weighted by Crippen LogP contribution is 2.21. The van der Waals surface area contributed by atoms with Crippen molar-refractivity contribution >= 4 is 38.6 Å². The molecule has 0 fully saturated rings. The number of carbonyl (C=O) groups excluding carboxylic acids is 1. The van der Waals surface area contributed by atoms with Crippen LogP contribution < -0.4 is 11.1 Å². The van der Waals surface area contributed by atoms with Gasteiger partial charge in [0.25, 0.3) is 5.91 Å². The lowest BCUT2D eigenvalue weighted by Crippen LogP contribution is -2.12. The number of aryl methyl sites for hydroxylation is 1. The molecule has 106 valence electrons. The smallest absolute Gasteiger partial charge is 0.408 e. The summed E-state index contributed by atoms with van der Waals surface area (Å²) in [6.07, 6.45) is 0. The molecule has 3 aromatic rings. The number of oxazole rings is 1. The number of rotatable bonds is 2. The van der Waals surface area contributed by atoms with Gasteiger partial charge in [0.2, 0.25) is 0 Å². The van der Waals surface area contributed by atoms with Crippen LogP contribution in [-0.2, 0) is 0 Å². The summed E-state index contributed by atoms with van der Waals surface area (Å²) in [7, 11) is 0. The molecule has 5 nitrogen and oxygen atoms in total. The zero-order chi connectivity index (χ0) is 15.0. The average Bonchev–Trinajstić information content (AvgIpc) is 2.80. The molecular weight excluding hydrogens is 336 g/mol. The molecule has 6 heteroatoms. The van der Waals surface area contributed by atoms with E-state index in [2.05, 4.69) is 26.2 Å². The number of aromatic nitrogens is 1. The Morgan fingerprint density at radius 1 is 1.24 bits per heavy atom. The fourth-order valence-electron chi connectivity index (χ4n) is 2.04. The van der Waals surface area contributed by atoms with Crippen LogP contribution in [0.25, 0.3) is 11.1 Å². The molecule has 1 amide bonds. The lowest BCUT2D eigenvalue weighted by Gasteiger charge is -2.07. The van der Waals surface area contributed by atoms with Crippen molar-refractivity contribution in [3.8, 4) is 0 Å². The number of amides is 1. The predicted octanol–water partition coefficient (Wildman–Crippen LogP) is 3.44. The maximum absolute atomic E-state index is 12.3. The van der Waals surface area contributed by atoms with Gasteiger partial charge in [-0.1, -0.05) is 11.6 Å².